The molecule has 2 amide bonds. The van der Waals surface area contributed by atoms with Crippen LogP contribution in [0.4, 0.5) is 0 Å². The Hall–Kier alpha value is -2.19. The number of likely N-dealkylation sites (tertiary alicyclic amines) is 1. The summed E-state index contributed by atoms with van der Waals surface area (Å²) in [5, 5.41) is 13.7. The third kappa shape index (κ3) is 4.28. The number of pyridine rings is 1. The van der Waals surface area contributed by atoms with Crippen molar-refractivity contribution >= 4 is 11.8 Å². The molecule has 2 fully saturated rings. The van der Waals surface area contributed by atoms with Crippen molar-refractivity contribution in [2.75, 3.05) is 19.7 Å². The number of aromatic nitrogens is 1. The van der Waals surface area contributed by atoms with E-state index < -0.39 is 17.2 Å². The molecule has 1 spiro atoms. The minimum Gasteiger partial charge on any atom is -0.388 e. The smallest absolute Gasteiger partial charge is 0.254 e. The number of aromatic amines is 1. The molecule has 2 atom stereocenters. The Balaban J connectivity index is 1.64. The van der Waals surface area contributed by atoms with Gasteiger partial charge in [0.05, 0.1) is 23.9 Å². The van der Waals surface area contributed by atoms with Gasteiger partial charge in [0.15, 0.2) is 0 Å². The van der Waals surface area contributed by atoms with Crippen LogP contribution >= 0.6 is 0 Å². The lowest BCUT2D eigenvalue weighted by Crippen LogP contribution is -2.64. The molecule has 2 aliphatic heterocycles. The zero-order chi connectivity index (χ0) is 20.5. The van der Waals surface area contributed by atoms with E-state index in [0.717, 1.165) is 0 Å². The first kappa shape index (κ1) is 20.5. The Morgan fingerprint density at radius 2 is 2.04 bits per heavy atom. The Morgan fingerprint density at radius 3 is 2.61 bits per heavy atom. The molecule has 0 unspecified atom stereocenters. The van der Waals surface area contributed by atoms with Crippen LogP contribution < -0.4 is 10.9 Å². The van der Waals surface area contributed by atoms with Crippen LogP contribution in [-0.4, -0.2) is 63.7 Å². The van der Waals surface area contributed by atoms with Crippen molar-refractivity contribution in [1.82, 2.24) is 15.2 Å². The SMILES string of the molecule is CCC(=O)N[C@H]1COC2(CCN(C(=O)c3cc(C)[nH]c(=O)c3)CC2)C[C@]1(C)O. The summed E-state index contributed by atoms with van der Waals surface area (Å²) in [6, 6.07) is 2.56. The zero-order valence-electron chi connectivity index (χ0n) is 16.7. The van der Waals surface area contributed by atoms with Crippen molar-refractivity contribution in [3.63, 3.8) is 0 Å². The van der Waals surface area contributed by atoms with Gasteiger partial charge < -0.3 is 25.0 Å². The lowest BCUT2D eigenvalue weighted by atomic mass is 9.75. The van der Waals surface area contributed by atoms with E-state index in [-0.39, 0.29) is 24.0 Å². The molecule has 0 aliphatic carbocycles. The van der Waals surface area contributed by atoms with Crippen molar-refractivity contribution in [3.8, 4) is 0 Å². The first-order chi connectivity index (χ1) is 13.1. The fourth-order valence-corrected chi connectivity index (χ4v) is 4.19. The molecule has 3 rings (SSSR count). The first-order valence-electron chi connectivity index (χ1n) is 9.80. The van der Waals surface area contributed by atoms with Gasteiger partial charge in [-0.1, -0.05) is 6.92 Å². The van der Waals surface area contributed by atoms with Gasteiger partial charge in [0, 0.05) is 43.3 Å². The van der Waals surface area contributed by atoms with E-state index in [2.05, 4.69) is 10.3 Å². The molecule has 154 valence electrons. The molecule has 2 saturated heterocycles. The Kier molecular flexibility index (Phi) is 5.63. The van der Waals surface area contributed by atoms with Gasteiger partial charge in [-0.2, -0.15) is 0 Å². The average Bonchev–Trinajstić information content (AvgIpc) is 2.63. The highest BCUT2D eigenvalue weighted by atomic mass is 16.5. The standard InChI is InChI=1S/C20H29N3O5/c1-4-16(24)22-15-11-28-20(12-19(15,3)27)5-7-23(8-6-20)18(26)14-9-13(2)21-17(25)10-14/h9-10,15,27H,4-8,11-12H2,1-3H3,(H,21,25)(H,22,24)/t15-,19-/m0/s1. The molecule has 0 bridgehead atoms. The average molecular weight is 391 g/mol. The molecule has 28 heavy (non-hydrogen) atoms. The fraction of sp³-hybridized carbons (Fsp3) is 0.650. The Labute approximate surface area is 164 Å². The van der Waals surface area contributed by atoms with E-state index in [1.54, 1.807) is 31.7 Å². The number of nitrogens with zero attached hydrogens (tertiary/aromatic N) is 1. The molecule has 0 aromatic carbocycles. The predicted octanol–water partition coefficient (Wildman–Crippen LogP) is 0.724. The highest BCUT2D eigenvalue weighted by Gasteiger charge is 2.49. The van der Waals surface area contributed by atoms with Gasteiger partial charge in [-0.3, -0.25) is 14.4 Å². The maximum absolute atomic E-state index is 12.7. The van der Waals surface area contributed by atoms with Crippen LogP contribution in [0, 0.1) is 6.92 Å². The molecule has 2 aliphatic rings. The number of H-pyrrole nitrogens is 1. The van der Waals surface area contributed by atoms with E-state index in [1.165, 1.54) is 6.07 Å². The molecule has 8 heteroatoms. The van der Waals surface area contributed by atoms with Gasteiger partial charge in [0.2, 0.25) is 11.5 Å². The summed E-state index contributed by atoms with van der Waals surface area (Å²) in [6.07, 6.45) is 1.97. The van der Waals surface area contributed by atoms with Crippen molar-refractivity contribution in [1.29, 1.82) is 0 Å². The highest BCUT2D eigenvalue weighted by Crippen LogP contribution is 2.39. The Bertz CT molecular complexity index is 808. The second-order valence-corrected chi connectivity index (χ2v) is 8.21. The summed E-state index contributed by atoms with van der Waals surface area (Å²) < 4.78 is 6.10. The first-order valence-corrected chi connectivity index (χ1v) is 9.80. The minimum atomic E-state index is -1.07. The third-order valence-electron chi connectivity index (χ3n) is 5.83. The van der Waals surface area contributed by atoms with Gasteiger partial charge >= 0.3 is 0 Å². The lowest BCUT2D eigenvalue weighted by molar-refractivity contribution is -0.187. The normalized spacial score (nSPS) is 26.9. The number of nitrogens with one attached hydrogen (secondary N) is 2. The number of piperidine rings is 1. The van der Waals surface area contributed by atoms with Crippen molar-refractivity contribution in [2.24, 2.45) is 0 Å². The van der Waals surface area contributed by atoms with E-state index in [1.807, 2.05) is 0 Å². The lowest BCUT2D eigenvalue weighted by Gasteiger charge is -2.51. The van der Waals surface area contributed by atoms with Gasteiger partial charge in [0.1, 0.15) is 0 Å². The van der Waals surface area contributed by atoms with Crippen LogP contribution in [0.3, 0.4) is 0 Å². The molecule has 3 N–H and O–H groups in total. The van der Waals surface area contributed by atoms with Crippen molar-refractivity contribution < 1.29 is 19.4 Å². The molecular formula is C20H29N3O5. The third-order valence-corrected chi connectivity index (χ3v) is 5.83. The number of carbonyl (C=O) groups excluding carboxylic acids is 2. The van der Waals surface area contributed by atoms with Gasteiger partial charge in [0.25, 0.3) is 5.91 Å². The van der Waals surface area contributed by atoms with Gasteiger partial charge in [-0.15, -0.1) is 0 Å². The molecule has 8 nitrogen and oxygen atoms in total. The summed E-state index contributed by atoms with van der Waals surface area (Å²) in [4.78, 5) is 40.4. The van der Waals surface area contributed by atoms with Gasteiger partial charge in [-0.05, 0) is 32.8 Å². The topological polar surface area (TPSA) is 112 Å². The summed E-state index contributed by atoms with van der Waals surface area (Å²) in [5.41, 5.74) is -0.826. The zero-order valence-corrected chi connectivity index (χ0v) is 16.7. The summed E-state index contributed by atoms with van der Waals surface area (Å²) in [7, 11) is 0. The summed E-state index contributed by atoms with van der Waals surface area (Å²) in [5.74, 6) is -0.280. The Morgan fingerprint density at radius 1 is 1.36 bits per heavy atom. The van der Waals surface area contributed by atoms with Crippen molar-refractivity contribution in [2.45, 2.75) is 63.7 Å². The number of rotatable bonds is 3. The maximum atomic E-state index is 12.7. The monoisotopic (exact) mass is 391 g/mol. The molecule has 1 aromatic rings. The quantitative estimate of drug-likeness (QED) is 0.703. The van der Waals surface area contributed by atoms with Crippen molar-refractivity contribution in [3.05, 3.63) is 33.7 Å². The molecule has 1 aromatic heterocycles. The predicted molar refractivity (Wildman–Crippen MR) is 103 cm³/mol. The number of carbonyl (C=O) groups is 2. The van der Waals surface area contributed by atoms with Crippen LogP contribution in [0.5, 0.6) is 0 Å². The van der Waals surface area contributed by atoms with Crippen LogP contribution in [-0.2, 0) is 9.53 Å². The number of amides is 2. The minimum absolute atomic E-state index is 0.113. The molecular weight excluding hydrogens is 362 g/mol. The van der Waals surface area contributed by atoms with Gasteiger partial charge in [-0.25, -0.2) is 0 Å². The van der Waals surface area contributed by atoms with E-state index >= 15 is 0 Å². The second-order valence-electron chi connectivity index (χ2n) is 8.21. The number of aryl methyl sites for hydroxylation is 1. The highest BCUT2D eigenvalue weighted by molar-refractivity contribution is 5.94. The fourth-order valence-electron chi connectivity index (χ4n) is 4.19. The van der Waals surface area contributed by atoms with Crippen LogP contribution in [0.2, 0.25) is 0 Å². The van der Waals surface area contributed by atoms with E-state index in [9.17, 15) is 19.5 Å². The van der Waals surface area contributed by atoms with Crippen LogP contribution in [0.25, 0.3) is 0 Å². The molecule has 0 saturated carbocycles. The number of ether oxygens (including phenoxy) is 1. The summed E-state index contributed by atoms with van der Waals surface area (Å²) >= 11 is 0. The number of aliphatic hydroxyl groups is 1. The molecule has 0 radical (unpaired) electrons. The maximum Gasteiger partial charge on any atom is 0.254 e. The number of hydrogen-bond donors (Lipinski definition) is 3. The number of hydrogen-bond acceptors (Lipinski definition) is 5. The summed E-state index contributed by atoms with van der Waals surface area (Å²) in [6.45, 7) is 6.48. The van der Waals surface area contributed by atoms with E-state index in [4.69, 9.17) is 4.74 Å². The second kappa shape index (κ2) is 7.67. The van der Waals surface area contributed by atoms with E-state index in [0.29, 0.717) is 50.0 Å². The largest absolute Gasteiger partial charge is 0.388 e. The molecule has 3 heterocycles. The van der Waals surface area contributed by atoms with Crippen LogP contribution in [0.1, 0.15) is 55.6 Å². The van der Waals surface area contributed by atoms with Crippen LogP contribution in [0.15, 0.2) is 16.9 Å².